The van der Waals surface area contributed by atoms with Gasteiger partial charge in [-0.25, -0.2) is 4.39 Å². The fraction of sp³-hybridized carbons (Fsp3) is 0.273. The topological polar surface area (TPSA) is 52.9 Å². The van der Waals surface area contributed by atoms with Gasteiger partial charge in [0.1, 0.15) is 11.7 Å². The van der Waals surface area contributed by atoms with Crippen LogP contribution in [0.5, 0.6) is 0 Å². The maximum absolute atomic E-state index is 13.4. The zero-order valence-electron chi connectivity index (χ0n) is 8.63. The van der Waals surface area contributed by atoms with Crippen molar-refractivity contribution in [2.45, 2.75) is 13.3 Å². The minimum Gasteiger partial charge on any atom is -0.322 e. The monoisotopic (exact) mass is 284 g/mol. The van der Waals surface area contributed by atoms with Crippen LogP contribution in [0.1, 0.15) is 13.3 Å². The summed E-state index contributed by atoms with van der Waals surface area (Å²) in [5, 5.41) is 11.1. The van der Waals surface area contributed by atoms with Gasteiger partial charge in [0.05, 0.1) is 11.8 Å². The molecule has 0 saturated heterocycles. The Morgan fingerprint density at radius 2 is 2.38 bits per heavy atom. The number of nitrogens with zero attached hydrogens (tertiary/aromatic N) is 1. The number of nitrogens with one attached hydrogen (secondary N) is 1. The van der Waals surface area contributed by atoms with E-state index >= 15 is 0 Å². The van der Waals surface area contributed by atoms with Crippen molar-refractivity contribution < 1.29 is 9.18 Å². The van der Waals surface area contributed by atoms with Crippen LogP contribution in [0, 0.1) is 23.1 Å². The highest BCUT2D eigenvalue weighted by atomic mass is 79.9. The molecule has 3 nitrogen and oxygen atoms in total. The summed E-state index contributed by atoms with van der Waals surface area (Å²) in [5.74, 6) is -1.76. The van der Waals surface area contributed by atoms with Gasteiger partial charge in [0, 0.05) is 4.47 Å². The highest BCUT2D eigenvalue weighted by molar-refractivity contribution is 9.10. The molecule has 0 heterocycles. The third kappa shape index (κ3) is 3.04. The average Bonchev–Trinajstić information content (AvgIpc) is 2.24. The summed E-state index contributed by atoms with van der Waals surface area (Å²) < 4.78 is 13.9. The van der Waals surface area contributed by atoms with Crippen molar-refractivity contribution in [3.63, 3.8) is 0 Å². The van der Waals surface area contributed by atoms with Gasteiger partial charge >= 0.3 is 0 Å². The Morgan fingerprint density at radius 1 is 1.69 bits per heavy atom. The van der Waals surface area contributed by atoms with Crippen LogP contribution in [0.3, 0.4) is 0 Å². The highest BCUT2D eigenvalue weighted by Crippen LogP contribution is 2.20. The number of nitriles is 1. The largest absolute Gasteiger partial charge is 0.322 e. The smallest absolute Gasteiger partial charge is 0.241 e. The maximum atomic E-state index is 13.4. The summed E-state index contributed by atoms with van der Waals surface area (Å²) in [4.78, 5) is 11.5. The summed E-state index contributed by atoms with van der Waals surface area (Å²) in [5.41, 5.74) is 0.0851. The Balaban J connectivity index is 2.81. The average molecular weight is 285 g/mol. The zero-order valence-corrected chi connectivity index (χ0v) is 10.2. The van der Waals surface area contributed by atoms with Crippen molar-refractivity contribution in [3.05, 3.63) is 28.5 Å². The Hall–Kier alpha value is -1.41. The van der Waals surface area contributed by atoms with Gasteiger partial charge in [-0.05, 0) is 24.6 Å². The summed E-state index contributed by atoms with van der Waals surface area (Å²) >= 11 is 3.11. The molecule has 1 amide bonds. The van der Waals surface area contributed by atoms with Crippen molar-refractivity contribution in [1.82, 2.24) is 0 Å². The number of hydrogen-bond donors (Lipinski definition) is 1. The first-order valence-electron chi connectivity index (χ1n) is 4.74. The van der Waals surface area contributed by atoms with Gasteiger partial charge in [0.15, 0.2) is 0 Å². The predicted octanol–water partition coefficient (Wildman–Crippen LogP) is 3.08. The van der Waals surface area contributed by atoms with E-state index in [1.165, 1.54) is 12.1 Å². The van der Waals surface area contributed by atoms with E-state index in [4.69, 9.17) is 5.26 Å². The van der Waals surface area contributed by atoms with E-state index in [1.807, 2.05) is 6.07 Å². The van der Waals surface area contributed by atoms with Crippen LogP contribution in [-0.2, 0) is 4.79 Å². The molecule has 1 rings (SSSR count). The van der Waals surface area contributed by atoms with Crippen LogP contribution in [-0.4, -0.2) is 5.91 Å². The van der Waals surface area contributed by atoms with E-state index in [0.717, 1.165) is 0 Å². The van der Waals surface area contributed by atoms with Crippen LogP contribution in [0.2, 0.25) is 0 Å². The van der Waals surface area contributed by atoms with Gasteiger partial charge < -0.3 is 5.32 Å². The molecule has 16 heavy (non-hydrogen) atoms. The van der Waals surface area contributed by atoms with Crippen molar-refractivity contribution in [3.8, 4) is 6.07 Å². The molecule has 0 aromatic heterocycles. The molecule has 1 N–H and O–H groups in total. The van der Waals surface area contributed by atoms with E-state index in [2.05, 4.69) is 21.2 Å². The van der Waals surface area contributed by atoms with Gasteiger partial charge in [0.25, 0.3) is 0 Å². The lowest BCUT2D eigenvalue weighted by Crippen LogP contribution is -2.21. The third-order valence-corrected chi connectivity index (χ3v) is 2.56. The van der Waals surface area contributed by atoms with E-state index in [0.29, 0.717) is 10.9 Å². The second-order valence-corrected chi connectivity index (χ2v) is 4.12. The van der Waals surface area contributed by atoms with Gasteiger partial charge in [-0.15, -0.1) is 0 Å². The number of hydrogen-bond acceptors (Lipinski definition) is 2. The maximum Gasteiger partial charge on any atom is 0.241 e. The molecule has 1 aromatic carbocycles. The standard InChI is InChI=1S/C11H10BrFN2O/c1-2-7(6-14)11(16)15-10-4-3-8(12)5-9(10)13/h3-5,7H,2H2,1H3,(H,15,16). The van der Waals surface area contributed by atoms with E-state index in [9.17, 15) is 9.18 Å². The molecule has 1 atom stereocenters. The first-order valence-corrected chi connectivity index (χ1v) is 5.53. The summed E-state index contributed by atoms with van der Waals surface area (Å²) in [6.07, 6.45) is 0.403. The SMILES string of the molecule is CCC(C#N)C(=O)Nc1ccc(Br)cc1F. The molecule has 0 saturated carbocycles. The molecule has 1 aromatic rings. The summed E-state index contributed by atoms with van der Waals surface area (Å²) in [6, 6.07) is 6.17. The second kappa shape index (κ2) is 5.61. The third-order valence-electron chi connectivity index (χ3n) is 2.07. The van der Waals surface area contributed by atoms with Crippen LogP contribution in [0.15, 0.2) is 22.7 Å². The number of amides is 1. The highest BCUT2D eigenvalue weighted by Gasteiger charge is 2.16. The molecular weight excluding hydrogens is 275 g/mol. The van der Waals surface area contributed by atoms with Gasteiger partial charge in [-0.2, -0.15) is 5.26 Å². The van der Waals surface area contributed by atoms with Crippen molar-refractivity contribution in [1.29, 1.82) is 5.26 Å². The second-order valence-electron chi connectivity index (χ2n) is 3.20. The molecule has 0 fully saturated rings. The van der Waals surface area contributed by atoms with Crippen molar-refractivity contribution in [2.75, 3.05) is 5.32 Å². The minimum absolute atomic E-state index is 0.0851. The van der Waals surface area contributed by atoms with E-state index in [-0.39, 0.29) is 5.69 Å². The lowest BCUT2D eigenvalue weighted by molar-refractivity contribution is -0.118. The van der Waals surface area contributed by atoms with Gasteiger partial charge in [-0.1, -0.05) is 22.9 Å². The summed E-state index contributed by atoms with van der Waals surface area (Å²) in [7, 11) is 0. The molecule has 5 heteroatoms. The Bertz CT molecular complexity index is 442. The zero-order chi connectivity index (χ0) is 12.1. The molecule has 1 unspecified atom stereocenters. The first kappa shape index (κ1) is 12.7. The predicted molar refractivity (Wildman–Crippen MR) is 62.1 cm³/mol. The van der Waals surface area contributed by atoms with Crippen LogP contribution >= 0.6 is 15.9 Å². The van der Waals surface area contributed by atoms with Gasteiger partial charge in [-0.3, -0.25) is 4.79 Å². The Kier molecular flexibility index (Phi) is 4.44. The number of halogens is 2. The number of carbonyl (C=O) groups excluding carboxylic acids is 1. The molecular formula is C11H10BrFN2O. The van der Waals surface area contributed by atoms with Crippen LogP contribution in [0.4, 0.5) is 10.1 Å². The van der Waals surface area contributed by atoms with E-state index in [1.54, 1.807) is 13.0 Å². The fourth-order valence-corrected chi connectivity index (χ4v) is 1.48. The molecule has 0 radical (unpaired) electrons. The van der Waals surface area contributed by atoms with Gasteiger partial charge in [0.2, 0.25) is 5.91 Å². The quantitative estimate of drug-likeness (QED) is 0.927. The summed E-state index contributed by atoms with van der Waals surface area (Å²) in [6.45, 7) is 1.73. The Labute approximate surface area is 101 Å². The molecule has 0 aliphatic heterocycles. The minimum atomic E-state index is -0.747. The lowest BCUT2D eigenvalue weighted by atomic mass is 10.1. The molecule has 0 aliphatic rings. The lowest BCUT2D eigenvalue weighted by Gasteiger charge is -2.09. The molecule has 0 aliphatic carbocycles. The first-order chi connectivity index (χ1) is 7.58. The van der Waals surface area contributed by atoms with Crippen molar-refractivity contribution in [2.24, 2.45) is 5.92 Å². The normalized spacial score (nSPS) is 11.6. The number of carbonyl (C=O) groups is 1. The van der Waals surface area contributed by atoms with E-state index < -0.39 is 17.6 Å². The number of anilines is 1. The number of benzene rings is 1. The molecule has 0 bridgehead atoms. The molecule has 0 spiro atoms. The van der Waals surface area contributed by atoms with Crippen LogP contribution in [0.25, 0.3) is 0 Å². The Morgan fingerprint density at radius 3 is 2.88 bits per heavy atom. The fourth-order valence-electron chi connectivity index (χ4n) is 1.15. The number of rotatable bonds is 3. The van der Waals surface area contributed by atoms with Crippen LogP contribution < -0.4 is 5.32 Å². The molecule has 84 valence electrons. The van der Waals surface area contributed by atoms with Crippen molar-refractivity contribution >= 4 is 27.5 Å².